The number of carbonyl (C=O) groups is 1. The molecule has 1 atom stereocenters. The topological polar surface area (TPSA) is 109 Å². The number of nitrogen functional groups attached to an aromatic ring is 1. The molecule has 0 aliphatic carbocycles. The van der Waals surface area contributed by atoms with Gasteiger partial charge in [0.25, 0.3) is 0 Å². The average molecular weight is 291 g/mol. The molecule has 0 saturated carbocycles. The first kappa shape index (κ1) is 13.8. The zero-order valence-electron chi connectivity index (χ0n) is 12.0. The minimum atomic E-state index is 0.103. The molecule has 3 rings (SSSR count). The number of carbonyl (C=O) groups excluding carboxylic acids is 1. The predicted octanol–water partition coefficient (Wildman–Crippen LogP) is 0.135. The number of amides is 1. The molecule has 2 aliphatic heterocycles. The number of aromatic nitrogens is 3. The highest BCUT2D eigenvalue weighted by Crippen LogP contribution is 2.17. The Balaban J connectivity index is 1.64. The van der Waals surface area contributed by atoms with Crippen molar-refractivity contribution in [2.45, 2.75) is 38.1 Å². The first-order valence-corrected chi connectivity index (χ1v) is 7.50. The van der Waals surface area contributed by atoms with E-state index in [0.29, 0.717) is 24.9 Å². The molecular formula is C13H21N7O. The largest absolute Gasteiger partial charge is 0.368 e. The summed E-state index contributed by atoms with van der Waals surface area (Å²) in [6.07, 6.45) is 4.99. The molecular weight excluding hydrogens is 270 g/mol. The standard InChI is InChI=1S/C13H21N7O/c14-11-17-12(15-8-9-4-5-10(21)16-9)19-13(18-11)20-6-2-1-3-7-20/h9H,1-8H2,(H,16,21)(H3,14,15,17,18,19). The van der Waals surface area contributed by atoms with Crippen molar-refractivity contribution in [3.63, 3.8) is 0 Å². The molecule has 1 amide bonds. The molecule has 3 heterocycles. The van der Waals surface area contributed by atoms with Crippen molar-refractivity contribution in [2.24, 2.45) is 0 Å². The molecule has 2 fully saturated rings. The lowest BCUT2D eigenvalue weighted by molar-refractivity contribution is -0.119. The van der Waals surface area contributed by atoms with Crippen molar-refractivity contribution < 1.29 is 4.79 Å². The normalized spacial score (nSPS) is 22.2. The van der Waals surface area contributed by atoms with Crippen LogP contribution in [-0.2, 0) is 4.79 Å². The van der Waals surface area contributed by atoms with Gasteiger partial charge in [-0.1, -0.05) is 0 Å². The number of nitrogens with one attached hydrogen (secondary N) is 2. The van der Waals surface area contributed by atoms with E-state index in [-0.39, 0.29) is 17.9 Å². The summed E-state index contributed by atoms with van der Waals surface area (Å²) in [6, 6.07) is 0.133. The molecule has 0 radical (unpaired) electrons. The van der Waals surface area contributed by atoms with E-state index in [4.69, 9.17) is 5.73 Å². The predicted molar refractivity (Wildman–Crippen MR) is 80.0 cm³/mol. The van der Waals surface area contributed by atoms with E-state index in [0.717, 1.165) is 32.4 Å². The van der Waals surface area contributed by atoms with Crippen LogP contribution >= 0.6 is 0 Å². The Kier molecular flexibility index (Phi) is 4.03. The van der Waals surface area contributed by atoms with Gasteiger partial charge in [-0.3, -0.25) is 4.79 Å². The Morgan fingerprint density at radius 3 is 2.76 bits per heavy atom. The molecule has 0 bridgehead atoms. The van der Waals surface area contributed by atoms with E-state index in [9.17, 15) is 4.79 Å². The maximum atomic E-state index is 11.2. The van der Waals surface area contributed by atoms with Crippen LogP contribution in [0.3, 0.4) is 0 Å². The Hall–Kier alpha value is -2.12. The van der Waals surface area contributed by atoms with Crippen LogP contribution in [0, 0.1) is 0 Å². The maximum absolute atomic E-state index is 11.2. The minimum absolute atomic E-state index is 0.103. The molecule has 1 aromatic rings. The third-order valence-corrected chi connectivity index (χ3v) is 3.87. The Labute approximate surface area is 123 Å². The molecule has 21 heavy (non-hydrogen) atoms. The summed E-state index contributed by atoms with van der Waals surface area (Å²) < 4.78 is 0. The quantitative estimate of drug-likeness (QED) is 0.723. The highest BCUT2D eigenvalue weighted by atomic mass is 16.1. The molecule has 4 N–H and O–H groups in total. The zero-order chi connectivity index (χ0) is 14.7. The number of anilines is 3. The van der Waals surface area contributed by atoms with Crippen molar-refractivity contribution in [1.82, 2.24) is 20.3 Å². The van der Waals surface area contributed by atoms with Crippen molar-refractivity contribution >= 4 is 23.8 Å². The highest BCUT2D eigenvalue weighted by Gasteiger charge is 2.21. The van der Waals surface area contributed by atoms with Crippen molar-refractivity contribution in [2.75, 3.05) is 35.6 Å². The summed E-state index contributed by atoms with van der Waals surface area (Å²) in [4.78, 5) is 26.1. The number of rotatable bonds is 4. The van der Waals surface area contributed by atoms with E-state index >= 15 is 0 Å². The van der Waals surface area contributed by atoms with Crippen LogP contribution in [-0.4, -0.2) is 46.5 Å². The lowest BCUT2D eigenvalue weighted by Gasteiger charge is -2.26. The average Bonchev–Trinajstić information content (AvgIpc) is 2.91. The SMILES string of the molecule is Nc1nc(NCC2CCC(=O)N2)nc(N2CCCCC2)n1. The number of hydrogen-bond acceptors (Lipinski definition) is 7. The van der Waals surface area contributed by atoms with Crippen molar-refractivity contribution in [1.29, 1.82) is 0 Å². The summed E-state index contributed by atoms with van der Waals surface area (Å²) in [5, 5.41) is 6.05. The molecule has 2 saturated heterocycles. The van der Waals surface area contributed by atoms with Crippen LogP contribution in [0.15, 0.2) is 0 Å². The fourth-order valence-electron chi connectivity index (χ4n) is 2.74. The molecule has 1 aromatic heterocycles. The van der Waals surface area contributed by atoms with Crippen molar-refractivity contribution in [3.05, 3.63) is 0 Å². The minimum Gasteiger partial charge on any atom is -0.368 e. The van der Waals surface area contributed by atoms with Gasteiger partial charge in [0, 0.05) is 32.1 Å². The van der Waals surface area contributed by atoms with Crippen molar-refractivity contribution in [3.8, 4) is 0 Å². The second-order valence-corrected chi connectivity index (χ2v) is 5.55. The van der Waals surface area contributed by atoms with Crippen LogP contribution in [0.2, 0.25) is 0 Å². The monoisotopic (exact) mass is 291 g/mol. The summed E-state index contributed by atoms with van der Waals surface area (Å²) in [5.41, 5.74) is 5.77. The van der Waals surface area contributed by atoms with Gasteiger partial charge in [0.2, 0.25) is 23.8 Å². The molecule has 1 unspecified atom stereocenters. The molecule has 8 heteroatoms. The second kappa shape index (κ2) is 6.11. The number of hydrogen-bond donors (Lipinski definition) is 3. The van der Waals surface area contributed by atoms with Gasteiger partial charge in [0.15, 0.2) is 0 Å². The highest BCUT2D eigenvalue weighted by molar-refractivity contribution is 5.78. The van der Waals surface area contributed by atoms with Crippen LogP contribution < -0.4 is 21.3 Å². The number of piperidine rings is 1. The van der Waals surface area contributed by atoms with Gasteiger partial charge in [-0.15, -0.1) is 0 Å². The third kappa shape index (κ3) is 3.50. The molecule has 2 aliphatic rings. The van der Waals surface area contributed by atoms with E-state index in [1.54, 1.807) is 0 Å². The fourth-order valence-corrected chi connectivity index (χ4v) is 2.74. The van der Waals surface area contributed by atoms with Gasteiger partial charge < -0.3 is 21.3 Å². The van der Waals surface area contributed by atoms with Crippen LogP contribution in [0.5, 0.6) is 0 Å². The second-order valence-electron chi connectivity index (χ2n) is 5.55. The molecule has 0 spiro atoms. The Morgan fingerprint density at radius 2 is 2.05 bits per heavy atom. The van der Waals surface area contributed by atoms with E-state index in [2.05, 4.69) is 30.5 Å². The number of nitrogens with zero attached hydrogens (tertiary/aromatic N) is 4. The first-order chi connectivity index (χ1) is 10.2. The molecule has 0 aromatic carbocycles. The summed E-state index contributed by atoms with van der Waals surface area (Å²) in [6.45, 7) is 2.53. The van der Waals surface area contributed by atoms with Crippen LogP contribution in [0.1, 0.15) is 32.1 Å². The first-order valence-electron chi connectivity index (χ1n) is 7.50. The Bertz CT molecular complexity index is 515. The van der Waals surface area contributed by atoms with E-state index < -0.39 is 0 Å². The lowest BCUT2D eigenvalue weighted by atomic mass is 10.1. The van der Waals surface area contributed by atoms with Gasteiger partial charge in [-0.05, 0) is 25.7 Å². The van der Waals surface area contributed by atoms with Gasteiger partial charge >= 0.3 is 0 Å². The summed E-state index contributed by atoms with van der Waals surface area (Å²) >= 11 is 0. The van der Waals surface area contributed by atoms with Gasteiger partial charge in [-0.25, -0.2) is 0 Å². The third-order valence-electron chi connectivity index (χ3n) is 3.87. The number of nitrogens with two attached hydrogens (primary N) is 1. The summed E-state index contributed by atoms with van der Waals surface area (Å²) in [7, 11) is 0. The maximum Gasteiger partial charge on any atom is 0.231 e. The van der Waals surface area contributed by atoms with E-state index in [1.807, 2.05) is 0 Å². The van der Waals surface area contributed by atoms with E-state index in [1.165, 1.54) is 6.42 Å². The molecule has 114 valence electrons. The van der Waals surface area contributed by atoms with Gasteiger partial charge in [0.05, 0.1) is 0 Å². The van der Waals surface area contributed by atoms with Gasteiger partial charge in [-0.2, -0.15) is 15.0 Å². The van der Waals surface area contributed by atoms with Crippen LogP contribution in [0.4, 0.5) is 17.8 Å². The zero-order valence-corrected chi connectivity index (χ0v) is 12.0. The fraction of sp³-hybridized carbons (Fsp3) is 0.692. The Morgan fingerprint density at radius 1 is 1.24 bits per heavy atom. The van der Waals surface area contributed by atoms with Crippen LogP contribution in [0.25, 0.3) is 0 Å². The van der Waals surface area contributed by atoms with Gasteiger partial charge in [0.1, 0.15) is 0 Å². The smallest absolute Gasteiger partial charge is 0.231 e. The molecule has 8 nitrogen and oxygen atoms in total. The summed E-state index contributed by atoms with van der Waals surface area (Å²) in [5.74, 6) is 1.44. The lowest BCUT2D eigenvalue weighted by Crippen LogP contribution is -2.33.